The van der Waals surface area contributed by atoms with Gasteiger partial charge < -0.3 is 0 Å². The van der Waals surface area contributed by atoms with Gasteiger partial charge in [-0.25, -0.2) is 15.0 Å². The van der Waals surface area contributed by atoms with E-state index in [2.05, 4.69) is 36.8 Å². The normalized spacial score (nSPS) is 11.4. The summed E-state index contributed by atoms with van der Waals surface area (Å²) >= 11 is 0. The maximum atomic E-state index is 9.11. The van der Waals surface area contributed by atoms with Crippen molar-refractivity contribution in [2.24, 2.45) is 0 Å². The summed E-state index contributed by atoms with van der Waals surface area (Å²) < 4.78 is 0. The number of hydrogen-bond acceptors (Lipinski definition) is 4. The fourth-order valence-electron chi connectivity index (χ4n) is 2.25. The molecule has 4 heteroatoms. The second-order valence-corrected chi connectivity index (χ2v) is 6.21. The molecule has 3 rings (SSSR count). The number of hydrogen-bond donors (Lipinski definition) is 0. The lowest BCUT2D eigenvalue weighted by Gasteiger charge is -2.18. The molecule has 4 nitrogen and oxygen atoms in total. The molecule has 0 saturated heterocycles. The topological polar surface area (TPSA) is 62.5 Å². The first-order valence-electron chi connectivity index (χ1n) is 7.13. The molecule has 0 aliphatic carbocycles. The lowest BCUT2D eigenvalue weighted by Crippen LogP contribution is -2.17. The second-order valence-electron chi connectivity index (χ2n) is 6.21. The fourth-order valence-corrected chi connectivity index (χ4v) is 2.25. The van der Waals surface area contributed by atoms with Crippen LogP contribution in [0.1, 0.15) is 32.2 Å². The highest BCUT2D eigenvalue weighted by atomic mass is 15.0. The standard InChI is InChI=1S/C18H16N4/c1-18(2,3)17-21-15(13-7-4-6-12(10-13)11-19)14-8-5-9-20-16(14)22-17/h4-10H,1-3H3. The molecule has 108 valence electrons. The molecule has 0 aliphatic heterocycles. The van der Waals surface area contributed by atoms with Crippen molar-refractivity contribution in [1.29, 1.82) is 5.26 Å². The van der Waals surface area contributed by atoms with Crippen LogP contribution in [0.3, 0.4) is 0 Å². The maximum Gasteiger partial charge on any atom is 0.163 e. The molecule has 0 bridgehead atoms. The van der Waals surface area contributed by atoms with Crippen LogP contribution < -0.4 is 0 Å². The summed E-state index contributed by atoms with van der Waals surface area (Å²) in [6.07, 6.45) is 1.73. The zero-order valence-corrected chi connectivity index (χ0v) is 12.8. The maximum absolute atomic E-state index is 9.11. The van der Waals surface area contributed by atoms with E-state index in [1.807, 2.05) is 30.3 Å². The predicted molar refractivity (Wildman–Crippen MR) is 86.2 cm³/mol. The van der Waals surface area contributed by atoms with Gasteiger partial charge in [-0.05, 0) is 24.3 Å². The monoisotopic (exact) mass is 288 g/mol. The molecule has 0 fully saturated rings. The Kier molecular flexibility index (Phi) is 3.34. The summed E-state index contributed by atoms with van der Waals surface area (Å²) in [5.41, 5.74) is 2.85. The summed E-state index contributed by atoms with van der Waals surface area (Å²) in [4.78, 5) is 13.7. The molecule has 0 saturated carbocycles. The first-order chi connectivity index (χ1) is 10.5. The largest absolute Gasteiger partial charge is 0.237 e. The Morgan fingerprint density at radius 2 is 1.86 bits per heavy atom. The first-order valence-corrected chi connectivity index (χ1v) is 7.13. The third kappa shape index (κ3) is 2.53. The summed E-state index contributed by atoms with van der Waals surface area (Å²) in [5.74, 6) is 0.746. The zero-order valence-electron chi connectivity index (χ0n) is 12.8. The number of nitrogens with zero attached hydrogens (tertiary/aromatic N) is 4. The molecular formula is C18H16N4. The molecule has 3 aromatic rings. The van der Waals surface area contributed by atoms with E-state index in [1.54, 1.807) is 12.3 Å². The molecule has 2 heterocycles. The molecule has 0 spiro atoms. The van der Waals surface area contributed by atoms with E-state index in [4.69, 9.17) is 10.2 Å². The molecule has 2 aromatic heterocycles. The molecule has 1 aromatic carbocycles. The van der Waals surface area contributed by atoms with Crippen LogP contribution in [-0.2, 0) is 5.41 Å². The van der Waals surface area contributed by atoms with Crippen molar-refractivity contribution in [1.82, 2.24) is 15.0 Å². The Hall–Kier alpha value is -2.80. The van der Waals surface area contributed by atoms with Gasteiger partial charge in [0.25, 0.3) is 0 Å². The average Bonchev–Trinajstić information content (AvgIpc) is 2.53. The highest BCUT2D eigenvalue weighted by Crippen LogP contribution is 2.29. The molecule has 0 atom stereocenters. The van der Waals surface area contributed by atoms with Gasteiger partial charge in [0.2, 0.25) is 0 Å². The summed E-state index contributed by atoms with van der Waals surface area (Å²) in [7, 11) is 0. The van der Waals surface area contributed by atoms with Crippen LogP contribution in [0, 0.1) is 11.3 Å². The van der Waals surface area contributed by atoms with Crippen molar-refractivity contribution in [3.8, 4) is 17.3 Å². The highest BCUT2D eigenvalue weighted by molar-refractivity contribution is 5.90. The van der Waals surface area contributed by atoms with E-state index in [-0.39, 0.29) is 5.41 Å². The van der Waals surface area contributed by atoms with E-state index in [0.717, 1.165) is 22.5 Å². The number of pyridine rings is 1. The smallest absolute Gasteiger partial charge is 0.163 e. The number of aromatic nitrogens is 3. The summed E-state index contributed by atoms with van der Waals surface area (Å²) in [5, 5.41) is 10.0. The molecule has 0 amide bonds. The van der Waals surface area contributed by atoms with Crippen LogP contribution >= 0.6 is 0 Å². The molecule has 0 N–H and O–H groups in total. The van der Waals surface area contributed by atoms with Crippen LogP contribution in [0.2, 0.25) is 0 Å². The summed E-state index contributed by atoms with van der Waals surface area (Å²) in [6.45, 7) is 6.23. The van der Waals surface area contributed by atoms with Gasteiger partial charge in [-0.2, -0.15) is 5.26 Å². The zero-order chi connectivity index (χ0) is 15.7. The van der Waals surface area contributed by atoms with Crippen molar-refractivity contribution < 1.29 is 0 Å². The lowest BCUT2D eigenvalue weighted by molar-refractivity contribution is 0.548. The molecular weight excluding hydrogens is 272 g/mol. The number of nitriles is 1. The SMILES string of the molecule is CC(C)(C)c1nc(-c2cccc(C#N)c2)c2cccnc2n1. The molecule has 0 aliphatic rings. The molecule has 0 radical (unpaired) electrons. The molecule has 22 heavy (non-hydrogen) atoms. The van der Waals surface area contributed by atoms with Crippen LogP contribution in [0.25, 0.3) is 22.3 Å². The Balaban J connectivity index is 2.34. The van der Waals surface area contributed by atoms with Crippen LogP contribution in [0.5, 0.6) is 0 Å². The third-order valence-electron chi connectivity index (χ3n) is 3.41. The van der Waals surface area contributed by atoms with E-state index in [9.17, 15) is 0 Å². The molecule has 0 unspecified atom stereocenters. The minimum Gasteiger partial charge on any atom is -0.237 e. The average molecular weight is 288 g/mol. The van der Waals surface area contributed by atoms with Crippen LogP contribution in [-0.4, -0.2) is 15.0 Å². The van der Waals surface area contributed by atoms with Gasteiger partial charge in [0, 0.05) is 22.6 Å². The Morgan fingerprint density at radius 3 is 2.59 bits per heavy atom. The minimum absolute atomic E-state index is 0.173. The Morgan fingerprint density at radius 1 is 1.05 bits per heavy atom. The lowest BCUT2D eigenvalue weighted by atomic mass is 9.95. The first kappa shape index (κ1) is 14.2. The van der Waals surface area contributed by atoms with Crippen LogP contribution in [0.15, 0.2) is 42.6 Å². The van der Waals surface area contributed by atoms with Gasteiger partial charge >= 0.3 is 0 Å². The predicted octanol–water partition coefficient (Wildman–Crippen LogP) is 3.86. The van der Waals surface area contributed by atoms with Crippen molar-refractivity contribution >= 4 is 11.0 Å². The quantitative estimate of drug-likeness (QED) is 0.682. The summed E-state index contributed by atoms with van der Waals surface area (Å²) in [6, 6.07) is 13.5. The fraction of sp³-hybridized carbons (Fsp3) is 0.222. The Bertz CT molecular complexity index is 885. The van der Waals surface area contributed by atoms with Gasteiger partial charge in [0.05, 0.1) is 17.3 Å². The van der Waals surface area contributed by atoms with Crippen molar-refractivity contribution in [3.05, 3.63) is 54.0 Å². The van der Waals surface area contributed by atoms with E-state index in [0.29, 0.717) is 11.2 Å². The Labute approximate surface area is 129 Å². The van der Waals surface area contributed by atoms with Crippen molar-refractivity contribution in [3.63, 3.8) is 0 Å². The van der Waals surface area contributed by atoms with Gasteiger partial charge in [-0.15, -0.1) is 0 Å². The highest BCUT2D eigenvalue weighted by Gasteiger charge is 2.20. The van der Waals surface area contributed by atoms with E-state index >= 15 is 0 Å². The van der Waals surface area contributed by atoms with E-state index < -0.39 is 0 Å². The third-order valence-corrected chi connectivity index (χ3v) is 3.41. The van der Waals surface area contributed by atoms with Gasteiger partial charge in [-0.3, -0.25) is 0 Å². The van der Waals surface area contributed by atoms with Crippen molar-refractivity contribution in [2.45, 2.75) is 26.2 Å². The number of rotatable bonds is 1. The van der Waals surface area contributed by atoms with Crippen LogP contribution in [0.4, 0.5) is 0 Å². The minimum atomic E-state index is -0.173. The van der Waals surface area contributed by atoms with Crippen molar-refractivity contribution in [2.75, 3.05) is 0 Å². The van der Waals surface area contributed by atoms with Gasteiger partial charge in [-0.1, -0.05) is 32.9 Å². The van der Waals surface area contributed by atoms with E-state index in [1.165, 1.54) is 0 Å². The van der Waals surface area contributed by atoms with Gasteiger partial charge in [0.1, 0.15) is 5.82 Å². The number of fused-ring (bicyclic) bond motifs is 1. The second kappa shape index (κ2) is 5.19. The van der Waals surface area contributed by atoms with Gasteiger partial charge in [0.15, 0.2) is 5.65 Å². The number of benzene rings is 1.